The van der Waals surface area contributed by atoms with Crippen LogP contribution in [0.25, 0.3) is 0 Å². The van der Waals surface area contributed by atoms with E-state index in [-0.39, 0.29) is 16.8 Å². The smallest absolute Gasteiger partial charge is 0.274 e. The van der Waals surface area contributed by atoms with Gasteiger partial charge in [0.25, 0.3) is 5.91 Å². The highest BCUT2D eigenvalue weighted by molar-refractivity contribution is 6.29. The zero-order valence-electron chi connectivity index (χ0n) is 10.7. The van der Waals surface area contributed by atoms with E-state index in [9.17, 15) is 4.79 Å². The number of halogens is 1. The van der Waals surface area contributed by atoms with E-state index in [0.717, 1.165) is 5.56 Å². The number of hydrogen-bond acceptors (Lipinski definition) is 4. The van der Waals surface area contributed by atoms with Crippen molar-refractivity contribution in [1.29, 1.82) is 5.26 Å². The van der Waals surface area contributed by atoms with Gasteiger partial charge in [-0.15, -0.1) is 0 Å². The summed E-state index contributed by atoms with van der Waals surface area (Å²) in [6, 6.07) is 9.10. The number of benzene rings is 1. The Kier molecular flexibility index (Phi) is 4.28. The summed E-state index contributed by atoms with van der Waals surface area (Å²) in [5.74, 6) is -0.260. The van der Waals surface area contributed by atoms with Crippen molar-refractivity contribution >= 4 is 17.5 Å². The van der Waals surface area contributed by atoms with Crippen molar-refractivity contribution in [2.24, 2.45) is 0 Å². The van der Waals surface area contributed by atoms with Crippen molar-refractivity contribution in [3.8, 4) is 6.07 Å². The number of rotatable bonds is 3. The number of amides is 1. The third-order valence-electron chi connectivity index (χ3n) is 2.67. The fourth-order valence-corrected chi connectivity index (χ4v) is 1.82. The van der Waals surface area contributed by atoms with Crippen LogP contribution in [0.2, 0.25) is 5.15 Å². The number of hydrogen-bond donors (Lipinski definition) is 0. The lowest BCUT2D eigenvalue weighted by Gasteiger charge is -2.16. The lowest BCUT2D eigenvalue weighted by molar-refractivity contribution is 0.0779. The molecule has 0 atom stereocenters. The normalized spacial score (nSPS) is 9.85. The van der Waals surface area contributed by atoms with Crippen LogP contribution in [0.5, 0.6) is 0 Å². The van der Waals surface area contributed by atoms with Gasteiger partial charge in [-0.2, -0.15) is 5.26 Å². The Bertz CT molecular complexity index is 664. The standard InChI is InChI=1S/C14H11ClN4O/c1-19(9-11-4-2-10(6-16)3-5-11)14(20)12-7-17-8-13(15)18-12/h2-5,7-8H,9H2,1H3. The minimum absolute atomic E-state index is 0.183. The van der Waals surface area contributed by atoms with Crippen LogP contribution in [0.1, 0.15) is 21.6 Å². The average molecular weight is 287 g/mol. The molecule has 2 rings (SSSR count). The van der Waals surface area contributed by atoms with E-state index in [0.29, 0.717) is 12.1 Å². The molecule has 1 heterocycles. The van der Waals surface area contributed by atoms with E-state index >= 15 is 0 Å². The van der Waals surface area contributed by atoms with Crippen LogP contribution in [-0.4, -0.2) is 27.8 Å². The first-order chi connectivity index (χ1) is 9.60. The molecule has 0 aliphatic rings. The molecule has 5 nitrogen and oxygen atoms in total. The molecule has 0 radical (unpaired) electrons. The molecule has 2 aromatic rings. The summed E-state index contributed by atoms with van der Waals surface area (Å²) in [6.45, 7) is 0.415. The molecule has 0 saturated carbocycles. The topological polar surface area (TPSA) is 69.9 Å². The Morgan fingerprint density at radius 2 is 2.05 bits per heavy atom. The largest absolute Gasteiger partial charge is 0.336 e. The van der Waals surface area contributed by atoms with Gasteiger partial charge in [-0.05, 0) is 17.7 Å². The molecule has 0 N–H and O–H groups in total. The summed E-state index contributed by atoms with van der Waals surface area (Å²) in [6.07, 6.45) is 2.75. The number of nitriles is 1. The Labute approximate surface area is 121 Å². The van der Waals surface area contributed by atoms with E-state index < -0.39 is 0 Å². The van der Waals surface area contributed by atoms with Crippen LogP contribution in [0.3, 0.4) is 0 Å². The van der Waals surface area contributed by atoms with Crippen molar-refractivity contribution in [3.05, 3.63) is 58.6 Å². The van der Waals surface area contributed by atoms with E-state index in [2.05, 4.69) is 9.97 Å². The van der Waals surface area contributed by atoms with Crippen molar-refractivity contribution < 1.29 is 4.79 Å². The predicted octanol–water partition coefficient (Wildman–Crippen LogP) is 2.27. The maximum atomic E-state index is 12.1. The van der Waals surface area contributed by atoms with Crippen LogP contribution < -0.4 is 0 Å². The van der Waals surface area contributed by atoms with Crippen molar-refractivity contribution in [2.45, 2.75) is 6.54 Å². The Morgan fingerprint density at radius 3 is 2.65 bits per heavy atom. The third kappa shape index (κ3) is 3.31. The Morgan fingerprint density at radius 1 is 1.35 bits per heavy atom. The van der Waals surface area contributed by atoms with Crippen molar-refractivity contribution in [3.63, 3.8) is 0 Å². The molecule has 0 unspecified atom stereocenters. The lowest BCUT2D eigenvalue weighted by Crippen LogP contribution is -2.27. The van der Waals surface area contributed by atoms with Gasteiger partial charge in [-0.25, -0.2) is 4.98 Å². The maximum absolute atomic E-state index is 12.1. The van der Waals surface area contributed by atoms with Gasteiger partial charge >= 0.3 is 0 Å². The van der Waals surface area contributed by atoms with Gasteiger partial charge in [0, 0.05) is 13.6 Å². The van der Waals surface area contributed by atoms with Crippen LogP contribution >= 0.6 is 11.6 Å². The maximum Gasteiger partial charge on any atom is 0.274 e. The van der Waals surface area contributed by atoms with Gasteiger partial charge in [0.05, 0.1) is 24.0 Å². The molecule has 1 aromatic carbocycles. The second kappa shape index (κ2) is 6.13. The van der Waals surface area contributed by atoms with E-state index in [1.54, 1.807) is 19.2 Å². The molecule has 0 aliphatic heterocycles. The highest BCUT2D eigenvalue weighted by Crippen LogP contribution is 2.09. The quantitative estimate of drug-likeness (QED) is 0.868. The van der Waals surface area contributed by atoms with E-state index in [4.69, 9.17) is 16.9 Å². The summed E-state index contributed by atoms with van der Waals surface area (Å²) in [5, 5.41) is 8.91. The second-order valence-corrected chi connectivity index (χ2v) is 4.58. The minimum Gasteiger partial charge on any atom is -0.336 e. The van der Waals surface area contributed by atoms with Crippen LogP contribution in [0, 0.1) is 11.3 Å². The SMILES string of the molecule is CN(Cc1ccc(C#N)cc1)C(=O)c1cncc(Cl)n1. The lowest BCUT2D eigenvalue weighted by atomic mass is 10.1. The first-order valence-electron chi connectivity index (χ1n) is 5.82. The van der Waals surface area contributed by atoms with Gasteiger partial charge in [0.1, 0.15) is 10.8 Å². The molecule has 0 bridgehead atoms. The van der Waals surface area contributed by atoms with E-state index in [1.165, 1.54) is 17.3 Å². The van der Waals surface area contributed by atoms with Crippen LogP contribution in [-0.2, 0) is 6.54 Å². The molecule has 0 saturated heterocycles. The minimum atomic E-state index is -0.260. The molecule has 20 heavy (non-hydrogen) atoms. The predicted molar refractivity (Wildman–Crippen MR) is 74.0 cm³/mol. The highest BCUT2D eigenvalue weighted by atomic mass is 35.5. The first-order valence-corrected chi connectivity index (χ1v) is 6.20. The molecular formula is C14H11ClN4O. The Hall–Kier alpha value is -2.45. The number of carbonyl (C=O) groups is 1. The van der Waals surface area contributed by atoms with Gasteiger partial charge in [0.15, 0.2) is 0 Å². The monoisotopic (exact) mass is 286 g/mol. The van der Waals surface area contributed by atoms with Gasteiger partial charge in [-0.1, -0.05) is 23.7 Å². The summed E-state index contributed by atoms with van der Waals surface area (Å²) < 4.78 is 0. The summed E-state index contributed by atoms with van der Waals surface area (Å²) >= 11 is 5.71. The molecule has 100 valence electrons. The van der Waals surface area contributed by atoms with Gasteiger partial charge < -0.3 is 4.90 Å². The zero-order chi connectivity index (χ0) is 14.5. The average Bonchev–Trinajstić information content (AvgIpc) is 2.47. The van der Waals surface area contributed by atoms with Gasteiger partial charge in [-0.3, -0.25) is 9.78 Å². The summed E-state index contributed by atoms with van der Waals surface area (Å²) in [5.41, 5.74) is 1.71. The summed E-state index contributed by atoms with van der Waals surface area (Å²) in [7, 11) is 1.67. The van der Waals surface area contributed by atoms with Crippen molar-refractivity contribution in [2.75, 3.05) is 7.05 Å². The molecule has 0 fully saturated rings. The third-order valence-corrected chi connectivity index (χ3v) is 2.86. The van der Waals surface area contributed by atoms with Crippen LogP contribution in [0.15, 0.2) is 36.7 Å². The molecular weight excluding hydrogens is 276 g/mol. The fourth-order valence-electron chi connectivity index (χ4n) is 1.67. The van der Waals surface area contributed by atoms with E-state index in [1.807, 2.05) is 18.2 Å². The van der Waals surface area contributed by atoms with Gasteiger partial charge in [0.2, 0.25) is 0 Å². The highest BCUT2D eigenvalue weighted by Gasteiger charge is 2.14. The molecule has 0 spiro atoms. The number of aromatic nitrogens is 2. The Balaban J connectivity index is 2.09. The second-order valence-electron chi connectivity index (χ2n) is 4.20. The zero-order valence-corrected chi connectivity index (χ0v) is 11.5. The van der Waals surface area contributed by atoms with Crippen molar-refractivity contribution in [1.82, 2.24) is 14.9 Å². The number of nitrogens with zero attached hydrogens (tertiary/aromatic N) is 4. The first kappa shape index (κ1) is 14.0. The molecule has 0 aliphatic carbocycles. The van der Waals surface area contributed by atoms with Crippen LogP contribution in [0.4, 0.5) is 0 Å². The molecule has 1 amide bonds. The molecule has 1 aromatic heterocycles. The summed E-state index contributed by atoms with van der Waals surface area (Å²) in [4.78, 5) is 21.4. The number of carbonyl (C=O) groups excluding carboxylic acids is 1. The molecule has 6 heteroatoms. The fraction of sp³-hybridized carbons (Fsp3) is 0.143.